The molecule has 0 bridgehead atoms. The van der Waals surface area contributed by atoms with Crippen LogP contribution >= 0.6 is 11.6 Å². The lowest BCUT2D eigenvalue weighted by Crippen LogP contribution is -2.35. The molecule has 5 rings (SSSR count). The molecule has 1 aromatic carbocycles. The van der Waals surface area contributed by atoms with Gasteiger partial charge in [0.05, 0.1) is 53.9 Å². The predicted molar refractivity (Wildman–Crippen MR) is 104 cm³/mol. The van der Waals surface area contributed by atoms with Crippen LogP contribution in [-0.2, 0) is 24.3 Å². The first-order valence-corrected chi connectivity index (χ1v) is 9.84. The molecule has 28 heavy (non-hydrogen) atoms. The van der Waals surface area contributed by atoms with E-state index in [0.717, 1.165) is 48.4 Å². The van der Waals surface area contributed by atoms with E-state index in [4.69, 9.17) is 16.3 Å². The van der Waals surface area contributed by atoms with E-state index in [-0.39, 0.29) is 11.9 Å². The number of imidazole rings is 1. The normalized spacial score (nSPS) is 18.4. The van der Waals surface area contributed by atoms with Crippen LogP contribution in [0.1, 0.15) is 46.3 Å². The van der Waals surface area contributed by atoms with Crippen LogP contribution in [0.25, 0.3) is 5.69 Å². The van der Waals surface area contributed by atoms with Crippen LogP contribution in [0.15, 0.2) is 36.8 Å². The van der Waals surface area contributed by atoms with Crippen LogP contribution in [0, 0.1) is 0 Å². The molecule has 1 amide bonds. The average molecular weight is 398 g/mol. The van der Waals surface area contributed by atoms with E-state index in [1.165, 1.54) is 0 Å². The molecule has 0 aliphatic carbocycles. The molecule has 0 unspecified atom stereocenters. The molecule has 2 aromatic heterocycles. The third-order valence-electron chi connectivity index (χ3n) is 5.41. The highest BCUT2D eigenvalue weighted by atomic mass is 35.5. The van der Waals surface area contributed by atoms with E-state index in [0.29, 0.717) is 23.9 Å². The standard InChI is InChI=1S/C20H20ClN5O2/c21-14-5-1-2-6-16(14)26-18-11-28-10-15(13(18)9-23-26)24-20(27)19-17-7-3-4-8-25(17)12-22-19/h1-2,5-6,9,12,15H,3-4,7-8,10-11H2,(H,24,27)/t15-/m1/s1. The Hall–Kier alpha value is -2.64. The summed E-state index contributed by atoms with van der Waals surface area (Å²) in [7, 11) is 0. The van der Waals surface area contributed by atoms with Gasteiger partial charge in [0, 0.05) is 12.1 Å². The quantitative estimate of drug-likeness (QED) is 0.737. The SMILES string of the molecule is O=C(N[C@@H]1COCc2c1cnn2-c1ccccc1Cl)c1ncn2c1CCCC2. The second kappa shape index (κ2) is 7.07. The average Bonchev–Trinajstić information content (AvgIpc) is 3.33. The molecule has 0 radical (unpaired) electrons. The van der Waals surface area contributed by atoms with E-state index in [2.05, 4.69) is 20.0 Å². The monoisotopic (exact) mass is 397 g/mol. The number of aryl methyl sites for hydroxylation is 1. The van der Waals surface area contributed by atoms with E-state index < -0.39 is 0 Å². The lowest BCUT2D eigenvalue weighted by atomic mass is 10.0. The molecule has 3 aromatic rings. The van der Waals surface area contributed by atoms with Crippen LogP contribution < -0.4 is 5.32 Å². The highest BCUT2D eigenvalue weighted by molar-refractivity contribution is 6.32. The van der Waals surface area contributed by atoms with Crippen LogP contribution in [0.5, 0.6) is 0 Å². The second-order valence-electron chi connectivity index (χ2n) is 7.14. The van der Waals surface area contributed by atoms with Crippen molar-refractivity contribution in [2.45, 2.75) is 38.5 Å². The van der Waals surface area contributed by atoms with Gasteiger partial charge in [0.15, 0.2) is 0 Å². The topological polar surface area (TPSA) is 74.0 Å². The number of ether oxygens (including phenoxy) is 1. The molecular weight excluding hydrogens is 378 g/mol. The zero-order valence-corrected chi connectivity index (χ0v) is 16.0. The number of benzene rings is 1. The Balaban J connectivity index is 1.42. The van der Waals surface area contributed by atoms with Gasteiger partial charge in [0.25, 0.3) is 5.91 Å². The number of aromatic nitrogens is 4. The number of hydrogen-bond acceptors (Lipinski definition) is 4. The number of halogens is 1. The third-order valence-corrected chi connectivity index (χ3v) is 5.73. The Bertz CT molecular complexity index is 1040. The van der Waals surface area contributed by atoms with Gasteiger partial charge in [-0.25, -0.2) is 9.67 Å². The predicted octanol–water partition coefficient (Wildman–Crippen LogP) is 3.06. The number of para-hydroxylation sites is 1. The molecule has 2 aliphatic heterocycles. The second-order valence-corrected chi connectivity index (χ2v) is 7.55. The van der Waals surface area contributed by atoms with E-state index in [1.807, 2.05) is 24.3 Å². The first-order valence-electron chi connectivity index (χ1n) is 9.46. The minimum absolute atomic E-state index is 0.164. The minimum atomic E-state index is -0.270. The fourth-order valence-corrected chi connectivity index (χ4v) is 4.20. The maximum Gasteiger partial charge on any atom is 0.272 e. The fourth-order valence-electron chi connectivity index (χ4n) is 3.99. The molecule has 2 aliphatic rings. The van der Waals surface area contributed by atoms with Crippen molar-refractivity contribution in [3.05, 3.63) is 64.5 Å². The number of nitrogens with one attached hydrogen (secondary N) is 1. The summed E-state index contributed by atoms with van der Waals surface area (Å²) in [5, 5.41) is 8.20. The number of fused-ring (bicyclic) bond motifs is 2. The molecule has 0 saturated heterocycles. The van der Waals surface area contributed by atoms with Crippen molar-refractivity contribution in [3.63, 3.8) is 0 Å². The van der Waals surface area contributed by atoms with Gasteiger partial charge in [0.2, 0.25) is 0 Å². The Kier molecular flexibility index (Phi) is 4.41. The van der Waals surface area contributed by atoms with E-state index >= 15 is 0 Å². The molecule has 1 N–H and O–H groups in total. The van der Waals surface area contributed by atoms with Crippen molar-refractivity contribution in [1.29, 1.82) is 0 Å². The van der Waals surface area contributed by atoms with Crippen molar-refractivity contribution in [2.24, 2.45) is 0 Å². The Labute approximate surface area is 167 Å². The summed E-state index contributed by atoms with van der Waals surface area (Å²) in [4.78, 5) is 17.3. The molecule has 0 spiro atoms. The van der Waals surface area contributed by atoms with Crippen LogP contribution in [0.4, 0.5) is 0 Å². The molecule has 7 nitrogen and oxygen atoms in total. The zero-order valence-electron chi connectivity index (χ0n) is 15.3. The summed E-state index contributed by atoms with van der Waals surface area (Å²) in [6.45, 7) is 1.76. The maximum absolute atomic E-state index is 12.9. The lowest BCUT2D eigenvalue weighted by molar-refractivity contribution is 0.0684. The van der Waals surface area contributed by atoms with Gasteiger partial charge < -0.3 is 14.6 Å². The lowest BCUT2D eigenvalue weighted by Gasteiger charge is -2.24. The molecule has 0 saturated carbocycles. The molecular formula is C20H20ClN5O2. The minimum Gasteiger partial charge on any atom is -0.373 e. The highest BCUT2D eigenvalue weighted by Crippen LogP contribution is 2.29. The Morgan fingerprint density at radius 1 is 1.25 bits per heavy atom. The van der Waals surface area contributed by atoms with Crippen molar-refractivity contribution >= 4 is 17.5 Å². The van der Waals surface area contributed by atoms with Crippen LogP contribution in [-0.4, -0.2) is 31.8 Å². The molecule has 1 atom stereocenters. The summed E-state index contributed by atoms with van der Waals surface area (Å²) in [6, 6.07) is 7.27. The third kappa shape index (κ3) is 2.91. The molecule has 4 heterocycles. The summed E-state index contributed by atoms with van der Waals surface area (Å²) in [6.07, 6.45) is 6.66. The van der Waals surface area contributed by atoms with Gasteiger partial charge in [-0.1, -0.05) is 23.7 Å². The zero-order chi connectivity index (χ0) is 19.1. The molecule has 0 fully saturated rings. The van der Waals surface area contributed by atoms with Crippen molar-refractivity contribution in [2.75, 3.05) is 6.61 Å². The van der Waals surface area contributed by atoms with Crippen LogP contribution in [0.2, 0.25) is 5.02 Å². The number of amides is 1. The van der Waals surface area contributed by atoms with Gasteiger partial charge in [-0.3, -0.25) is 4.79 Å². The van der Waals surface area contributed by atoms with Gasteiger partial charge in [-0.05, 0) is 31.4 Å². The first kappa shape index (κ1) is 17.5. The van der Waals surface area contributed by atoms with Crippen LogP contribution in [0.3, 0.4) is 0 Å². The number of hydrogen-bond donors (Lipinski definition) is 1. The number of rotatable bonds is 3. The van der Waals surface area contributed by atoms with Gasteiger partial charge in [-0.2, -0.15) is 5.10 Å². The summed E-state index contributed by atoms with van der Waals surface area (Å²) >= 11 is 6.33. The number of nitrogens with zero attached hydrogens (tertiary/aromatic N) is 4. The largest absolute Gasteiger partial charge is 0.373 e. The van der Waals surface area contributed by atoms with Gasteiger partial charge >= 0.3 is 0 Å². The van der Waals surface area contributed by atoms with Crippen molar-refractivity contribution in [1.82, 2.24) is 24.6 Å². The molecule has 144 valence electrons. The maximum atomic E-state index is 12.9. The Morgan fingerprint density at radius 3 is 3.04 bits per heavy atom. The van der Waals surface area contributed by atoms with Crippen molar-refractivity contribution in [3.8, 4) is 5.69 Å². The summed E-state index contributed by atoms with van der Waals surface area (Å²) < 4.78 is 9.62. The summed E-state index contributed by atoms with van der Waals surface area (Å²) in [5.74, 6) is -0.164. The number of carbonyl (C=O) groups excluding carboxylic acids is 1. The van der Waals surface area contributed by atoms with Crippen molar-refractivity contribution < 1.29 is 9.53 Å². The highest BCUT2D eigenvalue weighted by Gasteiger charge is 2.29. The molecule has 8 heteroatoms. The first-order chi connectivity index (χ1) is 13.7. The summed E-state index contributed by atoms with van der Waals surface area (Å²) in [5.41, 5.74) is 4.19. The smallest absolute Gasteiger partial charge is 0.272 e. The van der Waals surface area contributed by atoms with E-state index in [1.54, 1.807) is 17.2 Å². The van der Waals surface area contributed by atoms with E-state index in [9.17, 15) is 4.79 Å². The fraction of sp³-hybridized carbons (Fsp3) is 0.350. The van der Waals surface area contributed by atoms with Gasteiger partial charge in [-0.15, -0.1) is 0 Å². The van der Waals surface area contributed by atoms with Gasteiger partial charge in [0.1, 0.15) is 5.69 Å². The Morgan fingerprint density at radius 2 is 2.14 bits per heavy atom. The number of carbonyl (C=O) groups is 1.